The summed E-state index contributed by atoms with van der Waals surface area (Å²) in [7, 11) is 0. The van der Waals surface area contributed by atoms with Crippen LogP contribution >= 0.6 is 0 Å². The van der Waals surface area contributed by atoms with Crippen molar-refractivity contribution in [2.45, 2.75) is 18.9 Å². The molecule has 2 heterocycles. The van der Waals surface area contributed by atoms with Crippen LogP contribution in [-0.4, -0.2) is 28.9 Å². The van der Waals surface area contributed by atoms with Crippen LogP contribution in [0.2, 0.25) is 0 Å². The molecule has 4 nitrogen and oxygen atoms in total. The van der Waals surface area contributed by atoms with Crippen molar-refractivity contribution in [2.75, 3.05) is 18.4 Å². The van der Waals surface area contributed by atoms with Gasteiger partial charge in [0.1, 0.15) is 0 Å². The lowest BCUT2D eigenvalue weighted by atomic mass is 10.1. The first kappa shape index (κ1) is 11.3. The molecule has 1 aliphatic rings. The van der Waals surface area contributed by atoms with Crippen molar-refractivity contribution in [3.63, 3.8) is 0 Å². The minimum atomic E-state index is 0.550. The Morgan fingerprint density at radius 3 is 2.83 bits per heavy atom. The molecule has 18 heavy (non-hydrogen) atoms. The molecule has 4 heteroatoms. The lowest BCUT2D eigenvalue weighted by molar-refractivity contribution is 0.480. The number of anilines is 1. The first-order chi connectivity index (χ1) is 8.92. The van der Waals surface area contributed by atoms with Crippen LogP contribution in [0.4, 0.5) is 5.69 Å². The SMILES string of the molecule is c1cnn(-c2ccc(NC3CCCNC3)cc2)c1. The molecule has 0 amide bonds. The van der Waals surface area contributed by atoms with Gasteiger partial charge in [-0.1, -0.05) is 0 Å². The molecule has 0 bridgehead atoms. The van der Waals surface area contributed by atoms with Gasteiger partial charge in [0.15, 0.2) is 0 Å². The van der Waals surface area contributed by atoms with Crippen LogP contribution in [0.3, 0.4) is 0 Å². The quantitative estimate of drug-likeness (QED) is 0.865. The second kappa shape index (κ2) is 5.23. The van der Waals surface area contributed by atoms with Gasteiger partial charge in [0, 0.05) is 30.7 Å². The van der Waals surface area contributed by atoms with Gasteiger partial charge in [0.05, 0.1) is 5.69 Å². The van der Waals surface area contributed by atoms with Gasteiger partial charge in [0.25, 0.3) is 0 Å². The van der Waals surface area contributed by atoms with Gasteiger partial charge < -0.3 is 10.6 Å². The van der Waals surface area contributed by atoms with E-state index in [0.717, 1.165) is 18.8 Å². The minimum absolute atomic E-state index is 0.550. The van der Waals surface area contributed by atoms with E-state index in [4.69, 9.17) is 0 Å². The molecule has 1 aromatic heterocycles. The summed E-state index contributed by atoms with van der Waals surface area (Å²) in [5.74, 6) is 0. The zero-order valence-corrected chi connectivity index (χ0v) is 10.3. The van der Waals surface area contributed by atoms with Crippen molar-refractivity contribution in [3.05, 3.63) is 42.7 Å². The summed E-state index contributed by atoms with van der Waals surface area (Å²) in [4.78, 5) is 0. The average Bonchev–Trinajstić information content (AvgIpc) is 2.95. The molecule has 0 saturated carbocycles. The van der Waals surface area contributed by atoms with E-state index in [1.54, 1.807) is 6.20 Å². The Morgan fingerprint density at radius 1 is 1.28 bits per heavy atom. The maximum atomic E-state index is 4.22. The molecule has 0 spiro atoms. The summed E-state index contributed by atoms with van der Waals surface area (Å²) in [6.07, 6.45) is 6.24. The Morgan fingerprint density at radius 2 is 2.17 bits per heavy atom. The average molecular weight is 242 g/mol. The number of hydrogen-bond acceptors (Lipinski definition) is 3. The van der Waals surface area contributed by atoms with E-state index in [0.29, 0.717) is 6.04 Å². The van der Waals surface area contributed by atoms with Gasteiger partial charge in [-0.05, 0) is 49.7 Å². The van der Waals surface area contributed by atoms with E-state index >= 15 is 0 Å². The third-order valence-electron chi connectivity index (χ3n) is 3.30. The van der Waals surface area contributed by atoms with E-state index < -0.39 is 0 Å². The lowest BCUT2D eigenvalue weighted by Crippen LogP contribution is -2.38. The first-order valence-electron chi connectivity index (χ1n) is 6.49. The standard InChI is InChI=1S/C14H18N4/c1-3-13(11-15-8-1)17-12-4-6-14(7-5-12)18-10-2-9-16-18/h2,4-7,9-10,13,15,17H,1,3,8,11H2. The molecule has 1 fully saturated rings. The highest BCUT2D eigenvalue weighted by atomic mass is 15.3. The summed E-state index contributed by atoms with van der Waals surface area (Å²) >= 11 is 0. The number of aromatic nitrogens is 2. The maximum absolute atomic E-state index is 4.22. The van der Waals surface area contributed by atoms with Crippen molar-refractivity contribution >= 4 is 5.69 Å². The monoisotopic (exact) mass is 242 g/mol. The molecular weight excluding hydrogens is 224 g/mol. The Bertz CT molecular complexity index is 469. The largest absolute Gasteiger partial charge is 0.381 e. The Hall–Kier alpha value is -1.81. The summed E-state index contributed by atoms with van der Waals surface area (Å²) in [5, 5.41) is 11.2. The predicted octanol–water partition coefficient (Wildman–Crippen LogP) is 2.04. The molecule has 2 N–H and O–H groups in total. The topological polar surface area (TPSA) is 41.9 Å². The predicted molar refractivity (Wildman–Crippen MR) is 73.1 cm³/mol. The highest BCUT2D eigenvalue weighted by molar-refractivity contribution is 5.49. The van der Waals surface area contributed by atoms with Gasteiger partial charge >= 0.3 is 0 Å². The molecule has 1 atom stereocenters. The zero-order chi connectivity index (χ0) is 12.2. The van der Waals surface area contributed by atoms with Crippen LogP contribution < -0.4 is 10.6 Å². The lowest BCUT2D eigenvalue weighted by Gasteiger charge is -2.24. The summed E-state index contributed by atoms with van der Waals surface area (Å²) in [6.45, 7) is 2.21. The summed E-state index contributed by atoms with van der Waals surface area (Å²) in [5.41, 5.74) is 2.27. The third-order valence-corrected chi connectivity index (χ3v) is 3.30. The molecule has 1 saturated heterocycles. The normalized spacial score (nSPS) is 19.7. The van der Waals surface area contributed by atoms with E-state index in [9.17, 15) is 0 Å². The maximum Gasteiger partial charge on any atom is 0.0647 e. The second-order valence-electron chi connectivity index (χ2n) is 4.69. The van der Waals surface area contributed by atoms with Crippen LogP contribution in [0.1, 0.15) is 12.8 Å². The van der Waals surface area contributed by atoms with Crippen molar-refractivity contribution in [1.82, 2.24) is 15.1 Å². The molecule has 0 aliphatic carbocycles. The number of benzene rings is 1. The molecule has 3 rings (SSSR count). The van der Waals surface area contributed by atoms with Gasteiger partial charge in [-0.3, -0.25) is 0 Å². The van der Waals surface area contributed by atoms with Crippen LogP contribution in [0, 0.1) is 0 Å². The van der Waals surface area contributed by atoms with Gasteiger partial charge in [-0.2, -0.15) is 5.10 Å². The highest BCUT2D eigenvalue weighted by Gasteiger charge is 2.11. The summed E-state index contributed by atoms with van der Waals surface area (Å²) < 4.78 is 1.87. The van der Waals surface area contributed by atoms with E-state index in [-0.39, 0.29) is 0 Å². The van der Waals surface area contributed by atoms with Gasteiger partial charge in [-0.15, -0.1) is 0 Å². The van der Waals surface area contributed by atoms with Crippen molar-refractivity contribution in [3.8, 4) is 5.69 Å². The number of hydrogen-bond donors (Lipinski definition) is 2. The third kappa shape index (κ3) is 2.54. The van der Waals surface area contributed by atoms with E-state index in [1.807, 2.05) is 16.9 Å². The number of piperidine rings is 1. The molecular formula is C14H18N4. The molecule has 1 aliphatic heterocycles. The van der Waals surface area contributed by atoms with Crippen molar-refractivity contribution in [1.29, 1.82) is 0 Å². The molecule has 94 valence electrons. The Labute approximate surface area is 107 Å². The van der Waals surface area contributed by atoms with Gasteiger partial charge in [-0.25, -0.2) is 4.68 Å². The van der Waals surface area contributed by atoms with Gasteiger partial charge in [0.2, 0.25) is 0 Å². The van der Waals surface area contributed by atoms with Crippen molar-refractivity contribution in [2.24, 2.45) is 0 Å². The van der Waals surface area contributed by atoms with Crippen LogP contribution in [0.15, 0.2) is 42.7 Å². The Balaban J connectivity index is 1.67. The van der Waals surface area contributed by atoms with E-state index in [1.165, 1.54) is 18.5 Å². The van der Waals surface area contributed by atoms with Crippen LogP contribution in [0.5, 0.6) is 0 Å². The minimum Gasteiger partial charge on any atom is -0.381 e. The second-order valence-corrected chi connectivity index (χ2v) is 4.69. The molecule has 2 aromatic rings. The fourth-order valence-corrected chi connectivity index (χ4v) is 2.34. The molecule has 1 aromatic carbocycles. The number of nitrogens with one attached hydrogen (secondary N) is 2. The van der Waals surface area contributed by atoms with Crippen LogP contribution in [-0.2, 0) is 0 Å². The van der Waals surface area contributed by atoms with E-state index in [2.05, 4.69) is 40.0 Å². The smallest absolute Gasteiger partial charge is 0.0647 e. The number of rotatable bonds is 3. The molecule has 1 unspecified atom stereocenters. The highest BCUT2D eigenvalue weighted by Crippen LogP contribution is 2.15. The van der Waals surface area contributed by atoms with Crippen LogP contribution in [0.25, 0.3) is 5.69 Å². The Kier molecular flexibility index (Phi) is 3.28. The summed E-state index contributed by atoms with van der Waals surface area (Å²) in [6, 6.07) is 10.9. The number of nitrogens with zero attached hydrogens (tertiary/aromatic N) is 2. The van der Waals surface area contributed by atoms with Crippen molar-refractivity contribution < 1.29 is 0 Å². The first-order valence-corrected chi connectivity index (χ1v) is 6.49. The fraction of sp³-hybridized carbons (Fsp3) is 0.357. The fourth-order valence-electron chi connectivity index (χ4n) is 2.34. The molecule has 0 radical (unpaired) electrons. The zero-order valence-electron chi connectivity index (χ0n) is 10.3.